The van der Waals surface area contributed by atoms with E-state index in [1.54, 1.807) is 23.3 Å². The summed E-state index contributed by atoms with van der Waals surface area (Å²) in [6, 6.07) is 15.0. The van der Waals surface area contributed by atoms with Gasteiger partial charge in [0.25, 0.3) is 5.91 Å². The monoisotopic (exact) mass is 391 g/mol. The Hall–Kier alpha value is -3.68. The van der Waals surface area contributed by atoms with Crippen LogP contribution in [0.25, 0.3) is 11.3 Å². The first kappa shape index (κ1) is 18.7. The van der Waals surface area contributed by atoms with E-state index < -0.39 is 6.09 Å². The molecule has 0 N–H and O–H groups in total. The normalized spacial score (nSPS) is 13.5. The highest BCUT2D eigenvalue weighted by Crippen LogP contribution is 2.17. The van der Waals surface area contributed by atoms with Crippen LogP contribution < -0.4 is 0 Å². The highest BCUT2D eigenvalue weighted by molar-refractivity contribution is 5.79. The first-order chi connectivity index (χ1) is 14.2. The maximum absolute atomic E-state index is 12.8. The molecule has 29 heavy (non-hydrogen) atoms. The average Bonchev–Trinajstić information content (AvgIpc) is 3.43. The van der Waals surface area contributed by atoms with E-state index >= 15 is 0 Å². The second kappa shape index (κ2) is 8.55. The van der Waals surface area contributed by atoms with E-state index in [1.807, 2.05) is 48.5 Å². The summed E-state index contributed by atoms with van der Waals surface area (Å²) in [5, 5.41) is 7.25. The number of pyridine rings is 1. The Morgan fingerprint density at radius 3 is 2.62 bits per heavy atom. The van der Waals surface area contributed by atoms with Gasteiger partial charge in [-0.15, -0.1) is 0 Å². The fraction of sp³-hybridized carbons (Fsp3) is 0.238. The third-order valence-corrected chi connectivity index (χ3v) is 4.63. The van der Waals surface area contributed by atoms with E-state index in [1.165, 1.54) is 10.0 Å². The lowest BCUT2D eigenvalue weighted by Gasteiger charge is -2.27. The van der Waals surface area contributed by atoms with Gasteiger partial charge in [0.15, 0.2) is 0 Å². The van der Waals surface area contributed by atoms with Crippen LogP contribution in [0.1, 0.15) is 12.0 Å². The van der Waals surface area contributed by atoms with Crippen LogP contribution in [0, 0.1) is 0 Å². The lowest BCUT2D eigenvalue weighted by Crippen LogP contribution is -2.46. The Labute approximate surface area is 168 Å². The number of nitrogens with zero attached hydrogens (tertiary/aromatic N) is 5. The first-order valence-corrected chi connectivity index (χ1v) is 9.43. The molecule has 1 aliphatic rings. The quantitative estimate of drug-likeness (QED) is 0.668. The predicted molar refractivity (Wildman–Crippen MR) is 105 cm³/mol. The summed E-state index contributed by atoms with van der Waals surface area (Å²) in [4.78, 5) is 29.3. The Morgan fingerprint density at radius 2 is 1.83 bits per heavy atom. The molecule has 1 aromatic carbocycles. The molecule has 8 nitrogen and oxygen atoms in total. The molecule has 0 unspecified atom stereocenters. The van der Waals surface area contributed by atoms with Crippen molar-refractivity contribution in [3.8, 4) is 11.3 Å². The molecule has 148 valence electrons. The van der Waals surface area contributed by atoms with Crippen molar-refractivity contribution in [2.75, 3.05) is 13.1 Å². The summed E-state index contributed by atoms with van der Waals surface area (Å²) in [6.07, 6.45) is 5.36. The van der Waals surface area contributed by atoms with Crippen molar-refractivity contribution in [2.45, 2.75) is 19.6 Å². The van der Waals surface area contributed by atoms with Gasteiger partial charge in [-0.05, 0) is 30.2 Å². The zero-order valence-electron chi connectivity index (χ0n) is 15.8. The van der Waals surface area contributed by atoms with E-state index in [-0.39, 0.29) is 19.1 Å². The molecule has 8 heteroatoms. The smallest absolute Gasteiger partial charge is 0.429 e. The highest BCUT2D eigenvalue weighted by Gasteiger charge is 2.32. The van der Waals surface area contributed by atoms with Gasteiger partial charge in [-0.25, -0.2) is 14.8 Å². The van der Waals surface area contributed by atoms with Gasteiger partial charge >= 0.3 is 6.09 Å². The van der Waals surface area contributed by atoms with E-state index in [0.29, 0.717) is 19.5 Å². The van der Waals surface area contributed by atoms with E-state index in [9.17, 15) is 9.59 Å². The third kappa shape index (κ3) is 4.43. The van der Waals surface area contributed by atoms with Crippen LogP contribution in [0.4, 0.5) is 4.79 Å². The molecule has 0 aliphatic carbocycles. The molecule has 2 amide bonds. The molecular weight excluding hydrogens is 370 g/mol. The van der Waals surface area contributed by atoms with Crippen LogP contribution in [0.15, 0.2) is 67.1 Å². The number of carbonyl (C=O) groups excluding carboxylic acids is 2. The minimum absolute atomic E-state index is 0.0444. The molecule has 0 bridgehead atoms. The molecule has 1 fully saturated rings. The van der Waals surface area contributed by atoms with Crippen LogP contribution in [0.5, 0.6) is 0 Å². The van der Waals surface area contributed by atoms with Crippen LogP contribution in [-0.4, -0.2) is 49.9 Å². The number of hydrogen-bond donors (Lipinski definition) is 0. The Kier molecular flexibility index (Phi) is 5.51. The summed E-state index contributed by atoms with van der Waals surface area (Å²) in [6.45, 7) is 1.16. The molecule has 1 aliphatic heterocycles. The topological polar surface area (TPSA) is 80.6 Å². The lowest BCUT2D eigenvalue weighted by atomic mass is 10.2. The van der Waals surface area contributed by atoms with Crippen molar-refractivity contribution in [3.63, 3.8) is 0 Å². The van der Waals surface area contributed by atoms with E-state index in [4.69, 9.17) is 4.74 Å². The van der Waals surface area contributed by atoms with Gasteiger partial charge in [0, 0.05) is 37.2 Å². The van der Waals surface area contributed by atoms with Gasteiger partial charge in [-0.3, -0.25) is 14.5 Å². The van der Waals surface area contributed by atoms with E-state index in [2.05, 4.69) is 10.1 Å². The molecular formula is C21H21N5O3. The largest absolute Gasteiger partial charge is 0.443 e. The average molecular weight is 391 g/mol. The molecule has 0 atom stereocenters. The van der Waals surface area contributed by atoms with Gasteiger partial charge in [0.2, 0.25) is 0 Å². The van der Waals surface area contributed by atoms with Gasteiger partial charge in [-0.2, -0.15) is 5.10 Å². The molecule has 0 saturated carbocycles. The molecule has 3 aromatic rings. The van der Waals surface area contributed by atoms with Crippen LogP contribution in [0.2, 0.25) is 0 Å². The molecule has 0 radical (unpaired) electrons. The Bertz CT molecular complexity index is 974. The van der Waals surface area contributed by atoms with E-state index in [0.717, 1.165) is 16.8 Å². The van der Waals surface area contributed by atoms with Crippen molar-refractivity contribution < 1.29 is 14.3 Å². The fourth-order valence-corrected chi connectivity index (χ4v) is 3.19. The number of carbonyl (C=O) groups is 2. The second-order valence-corrected chi connectivity index (χ2v) is 6.67. The fourth-order valence-electron chi connectivity index (χ4n) is 3.19. The first-order valence-electron chi connectivity index (χ1n) is 9.43. The summed E-state index contributed by atoms with van der Waals surface area (Å²) in [5.41, 5.74) is 2.52. The van der Waals surface area contributed by atoms with Crippen molar-refractivity contribution >= 4 is 12.0 Å². The van der Waals surface area contributed by atoms with Crippen molar-refractivity contribution in [2.24, 2.45) is 0 Å². The third-order valence-electron chi connectivity index (χ3n) is 4.63. The van der Waals surface area contributed by atoms with Crippen LogP contribution in [-0.2, 0) is 22.7 Å². The number of hydrogen-bond acceptors (Lipinski definition) is 5. The Morgan fingerprint density at radius 1 is 1.00 bits per heavy atom. The molecule has 1 saturated heterocycles. The molecule has 4 rings (SSSR count). The van der Waals surface area contributed by atoms with Crippen LogP contribution >= 0.6 is 0 Å². The minimum atomic E-state index is -0.517. The summed E-state index contributed by atoms with van der Waals surface area (Å²) < 4.78 is 6.93. The predicted octanol–water partition coefficient (Wildman–Crippen LogP) is 2.73. The number of rotatable bonds is 5. The molecule has 2 aromatic heterocycles. The number of hydrazine groups is 1. The number of benzene rings is 1. The molecule has 3 heterocycles. The summed E-state index contributed by atoms with van der Waals surface area (Å²) in [7, 11) is 0. The van der Waals surface area contributed by atoms with Gasteiger partial charge in [-0.1, -0.05) is 30.3 Å². The minimum Gasteiger partial charge on any atom is -0.443 e. The number of ether oxygens (including phenoxy) is 1. The van der Waals surface area contributed by atoms with Gasteiger partial charge < -0.3 is 4.74 Å². The summed E-state index contributed by atoms with van der Waals surface area (Å²) >= 11 is 0. The lowest BCUT2D eigenvalue weighted by molar-refractivity contribution is -0.142. The van der Waals surface area contributed by atoms with Crippen LogP contribution in [0.3, 0.4) is 0 Å². The maximum atomic E-state index is 12.8. The zero-order chi connectivity index (χ0) is 20.1. The SMILES string of the molecule is O=C(Cn1ccc(-c2cccnc2)n1)N1CCCN1C(=O)OCc1ccccc1. The highest BCUT2D eigenvalue weighted by atomic mass is 16.6. The zero-order valence-corrected chi connectivity index (χ0v) is 15.8. The van der Waals surface area contributed by atoms with Gasteiger partial charge in [0.1, 0.15) is 13.2 Å². The van der Waals surface area contributed by atoms with Crippen molar-refractivity contribution in [1.29, 1.82) is 0 Å². The van der Waals surface area contributed by atoms with Crippen molar-refractivity contribution in [1.82, 2.24) is 24.8 Å². The Balaban J connectivity index is 1.36. The number of aromatic nitrogens is 3. The maximum Gasteiger partial charge on any atom is 0.429 e. The number of amides is 2. The van der Waals surface area contributed by atoms with Gasteiger partial charge in [0.05, 0.1) is 5.69 Å². The van der Waals surface area contributed by atoms with Crippen molar-refractivity contribution in [3.05, 3.63) is 72.7 Å². The second-order valence-electron chi connectivity index (χ2n) is 6.67. The summed E-state index contributed by atoms with van der Waals surface area (Å²) in [5.74, 6) is -0.208. The molecule has 0 spiro atoms. The standard InChI is InChI=1S/C21H21N5O3/c27-20(15-24-13-9-19(23-24)18-8-4-10-22-14-18)25-11-5-12-26(25)21(28)29-16-17-6-2-1-3-7-17/h1-4,6-10,13-14H,5,11-12,15-16H2.